The smallest absolute Gasteiger partial charge is 0.214 e. The summed E-state index contributed by atoms with van der Waals surface area (Å²) in [6.07, 6.45) is 4.49. The summed E-state index contributed by atoms with van der Waals surface area (Å²) in [5.41, 5.74) is 3.27. The summed E-state index contributed by atoms with van der Waals surface area (Å²) < 4.78 is 0. The first kappa shape index (κ1) is 11.6. The molecule has 3 rings (SSSR count). The number of rotatable bonds is 3. The van der Waals surface area contributed by atoms with Gasteiger partial charge in [-0.15, -0.1) is 0 Å². The Morgan fingerprint density at radius 1 is 1.32 bits per heavy atom. The van der Waals surface area contributed by atoms with E-state index in [-0.39, 0.29) is 5.88 Å². The molecule has 0 aliphatic heterocycles. The fraction of sp³-hybridized carbons (Fsp3) is 0.214. The van der Waals surface area contributed by atoms with Gasteiger partial charge in [-0.2, -0.15) is 4.98 Å². The van der Waals surface area contributed by atoms with E-state index < -0.39 is 0 Å². The molecule has 1 radical (unpaired) electrons. The Labute approximate surface area is 110 Å². The second-order valence-corrected chi connectivity index (χ2v) is 4.34. The van der Waals surface area contributed by atoms with Gasteiger partial charge in [-0.1, -0.05) is 19.4 Å². The molecule has 0 amide bonds. The fourth-order valence-electron chi connectivity index (χ4n) is 2.08. The van der Waals surface area contributed by atoms with E-state index >= 15 is 0 Å². The van der Waals surface area contributed by atoms with E-state index in [1.54, 1.807) is 6.07 Å². The van der Waals surface area contributed by atoms with E-state index in [2.05, 4.69) is 33.2 Å². The van der Waals surface area contributed by atoms with Gasteiger partial charge in [-0.25, -0.2) is 9.97 Å². The van der Waals surface area contributed by atoms with E-state index in [4.69, 9.17) is 0 Å². The monoisotopic (exact) mass is 253 g/mol. The van der Waals surface area contributed by atoms with Crippen LogP contribution in [0.1, 0.15) is 19.0 Å². The van der Waals surface area contributed by atoms with Crippen LogP contribution in [0.2, 0.25) is 0 Å². The van der Waals surface area contributed by atoms with E-state index in [1.165, 1.54) is 0 Å². The highest BCUT2D eigenvalue weighted by molar-refractivity contribution is 5.89. The Kier molecular flexibility index (Phi) is 2.87. The third-order valence-electron chi connectivity index (χ3n) is 2.91. The van der Waals surface area contributed by atoms with Gasteiger partial charge >= 0.3 is 0 Å². The van der Waals surface area contributed by atoms with Crippen molar-refractivity contribution < 1.29 is 5.11 Å². The largest absolute Gasteiger partial charge is 0.493 e. The van der Waals surface area contributed by atoms with Gasteiger partial charge in [0.25, 0.3) is 0 Å². The van der Waals surface area contributed by atoms with E-state index in [0.717, 1.165) is 35.1 Å². The molecule has 0 unspecified atom stereocenters. The number of hydrogen-bond acceptors (Lipinski definition) is 4. The summed E-state index contributed by atoms with van der Waals surface area (Å²) >= 11 is 0. The molecule has 3 aromatic rings. The quantitative estimate of drug-likeness (QED) is 0.752. The Bertz CT molecular complexity index is 720. The normalized spacial score (nSPS) is 11.0. The molecule has 0 aliphatic carbocycles. The highest BCUT2D eigenvalue weighted by Crippen LogP contribution is 2.25. The average molecular weight is 253 g/mol. The van der Waals surface area contributed by atoms with Gasteiger partial charge in [0.15, 0.2) is 12.2 Å². The van der Waals surface area contributed by atoms with Gasteiger partial charge < -0.3 is 10.1 Å². The molecule has 2 N–H and O–H groups in total. The lowest BCUT2D eigenvalue weighted by Crippen LogP contribution is -1.96. The summed E-state index contributed by atoms with van der Waals surface area (Å²) in [5, 5.41) is 9.72. The average Bonchev–Trinajstić information content (AvgIpc) is 2.86. The third-order valence-corrected chi connectivity index (χ3v) is 2.91. The van der Waals surface area contributed by atoms with Gasteiger partial charge in [-0.05, 0) is 18.6 Å². The van der Waals surface area contributed by atoms with Crippen LogP contribution in [-0.2, 0) is 6.42 Å². The summed E-state index contributed by atoms with van der Waals surface area (Å²) in [5.74, 6) is 0.486. The van der Waals surface area contributed by atoms with Crippen molar-refractivity contribution in [1.29, 1.82) is 0 Å². The van der Waals surface area contributed by atoms with Crippen molar-refractivity contribution in [2.75, 3.05) is 0 Å². The highest BCUT2D eigenvalue weighted by atomic mass is 16.3. The van der Waals surface area contributed by atoms with Crippen molar-refractivity contribution >= 4 is 11.0 Å². The molecule has 0 fully saturated rings. The number of para-hydroxylation sites is 1. The first-order chi connectivity index (χ1) is 9.28. The molecule has 0 atom stereocenters. The summed E-state index contributed by atoms with van der Waals surface area (Å²) in [4.78, 5) is 15.7. The number of H-pyrrole nitrogens is 1. The van der Waals surface area contributed by atoms with Crippen LogP contribution in [0.25, 0.3) is 22.4 Å². The van der Waals surface area contributed by atoms with Crippen molar-refractivity contribution in [3.63, 3.8) is 0 Å². The maximum absolute atomic E-state index is 9.72. The molecule has 1 aromatic carbocycles. The Morgan fingerprint density at radius 3 is 3.05 bits per heavy atom. The molecule has 0 aliphatic rings. The molecular weight excluding hydrogens is 240 g/mol. The van der Waals surface area contributed by atoms with Crippen LogP contribution in [0.15, 0.2) is 24.3 Å². The van der Waals surface area contributed by atoms with Gasteiger partial charge in [0.05, 0.1) is 5.52 Å². The van der Waals surface area contributed by atoms with Crippen molar-refractivity contribution in [3.05, 3.63) is 36.3 Å². The predicted octanol–water partition coefficient (Wildman–Crippen LogP) is 2.48. The summed E-state index contributed by atoms with van der Waals surface area (Å²) in [6.45, 7) is 2.07. The topological polar surface area (TPSA) is 74.7 Å². The maximum Gasteiger partial charge on any atom is 0.214 e. The minimum atomic E-state index is -0.00929. The molecule has 2 aromatic heterocycles. The Balaban J connectivity index is 2.18. The molecule has 0 spiro atoms. The van der Waals surface area contributed by atoms with Gasteiger partial charge in [0, 0.05) is 17.3 Å². The second kappa shape index (κ2) is 4.68. The lowest BCUT2D eigenvalue weighted by Gasteiger charge is -2.05. The zero-order valence-corrected chi connectivity index (χ0v) is 10.5. The van der Waals surface area contributed by atoms with Crippen LogP contribution in [0.3, 0.4) is 0 Å². The SMILES string of the molecule is CCCc1cc(O)nc(-c2cccc3[nH][c]nc23)n1. The first-order valence-electron chi connectivity index (χ1n) is 6.20. The number of nitrogens with one attached hydrogen (secondary N) is 1. The molecule has 5 heteroatoms. The van der Waals surface area contributed by atoms with Crippen molar-refractivity contribution in [1.82, 2.24) is 19.9 Å². The lowest BCUT2D eigenvalue weighted by atomic mass is 10.1. The fourth-order valence-corrected chi connectivity index (χ4v) is 2.08. The van der Waals surface area contributed by atoms with Crippen molar-refractivity contribution in [2.24, 2.45) is 0 Å². The highest BCUT2D eigenvalue weighted by Gasteiger charge is 2.11. The number of benzene rings is 1. The van der Waals surface area contributed by atoms with Crippen LogP contribution >= 0.6 is 0 Å². The van der Waals surface area contributed by atoms with E-state index in [0.29, 0.717) is 5.82 Å². The van der Waals surface area contributed by atoms with E-state index in [9.17, 15) is 5.11 Å². The number of fused-ring (bicyclic) bond motifs is 1. The van der Waals surface area contributed by atoms with Crippen LogP contribution in [0, 0.1) is 6.33 Å². The number of aromatic hydroxyl groups is 1. The van der Waals surface area contributed by atoms with Gasteiger partial charge in [0.1, 0.15) is 5.52 Å². The van der Waals surface area contributed by atoms with Gasteiger partial charge in [-0.3, -0.25) is 0 Å². The van der Waals surface area contributed by atoms with Crippen LogP contribution in [-0.4, -0.2) is 25.0 Å². The molecule has 5 nitrogen and oxygen atoms in total. The van der Waals surface area contributed by atoms with E-state index in [1.807, 2.05) is 18.2 Å². The third kappa shape index (κ3) is 2.14. The number of aromatic nitrogens is 4. The zero-order chi connectivity index (χ0) is 13.2. The Morgan fingerprint density at radius 2 is 2.21 bits per heavy atom. The molecule has 0 saturated heterocycles. The number of imidazole rings is 1. The molecule has 19 heavy (non-hydrogen) atoms. The van der Waals surface area contributed by atoms with Crippen LogP contribution < -0.4 is 0 Å². The number of nitrogens with zero attached hydrogens (tertiary/aromatic N) is 3. The Hall–Kier alpha value is -2.43. The lowest BCUT2D eigenvalue weighted by molar-refractivity contribution is 0.451. The number of aryl methyl sites for hydroxylation is 1. The first-order valence-corrected chi connectivity index (χ1v) is 6.20. The van der Waals surface area contributed by atoms with Crippen molar-refractivity contribution in [3.8, 4) is 17.3 Å². The molecular formula is C14H13N4O. The molecule has 0 bridgehead atoms. The molecule has 95 valence electrons. The van der Waals surface area contributed by atoms with Crippen LogP contribution in [0.5, 0.6) is 5.88 Å². The van der Waals surface area contributed by atoms with Gasteiger partial charge in [0.2, 0.25) is 5.88 Å². The number of aromatic amines is 1. The van der Waals surface area contributed by atoms with Crippen molar-refractivity contribution in [2.45, 2.75) is 19.8 Å². The minimum Gasteiger partial charge on any atom is -0.493 e. The summed E-state index contributed by atoms with van der Waals surface area (Å²) in [6, 6.07) is 7.31. The standard InChI is InChI=1S/C14H13N4O/c1-2-4-9-7-12(19)18-14(17-9)10-5-3-6-11-13(10)16-8-15-11/h3,5-7H,2,4H2,1H3,(H,15,16)(H,17,18,19). The van der Waals surface area contributed by atoms with Crippen LogP contribution in [0.4, 0.5) is 0 Å². The minimum absolute atomic E-state index is 0.00929. The second-order valence-electron chi connectivity index (χ2n) is 4.34. The zero-order valence-electron chi connectivity index (χ0n) is 10.5. The molecule has 0 saturated carbocycles. The maximum atomic E-state index is 9.72. The molecule has 2 heterocycles. The predicted molar refractivity (Wildman–Crippen MR) is 71.6 cm³/mol. The number of hydrogen-bond donors (Lipinski definition) is 2. The summed E-state index contributed by atoms with van der Waals surface area (Å²) in [7, 11) is 0.